The molecular formula is C23H23N3O4. The van der Waals surface area contributed by atoms with E-state index in [1.54, 1.807) is 42.4 Å². The lowest BCUT2D eigenvalue weighted by atomic mass is 10.1. The summed E-state index contributed by atoms with van der Waals surface area (Å²) >= 11 is 0. The number of aromatic nitrogens is 1. The minimum Gasteiger partial charge on any atom is -0.497 e. The highest BCUT2D eigenvalue weighted by molar-refractivity contribution is 6.06. The van der Waals surface area contributed by atoms with Crippen LogP contribution in [-0.4, -0.2) is 55.1 Å². The molecule has 1 fully saturated rings. The van der Waals surface area contributed by atoms with Gasteiger partial charge < -0.3 is 24.7 Å². The number of fused-ring (bicyclic) bond motifs is 1. The highest BCUT2D eigenvalue weighted by atomic mass is 16.5. The highest BCUT2D eigenvalue weighted by Gasteiger charge is 2.23. The molecule has 2 aromatic carbocycles. The van der Waals surface area contributed by atoms with Crippen molar-refractivity contribution in [3.8, 4) is 5.75 Å². The van der Waals surface area contributed by atoms with Gasteiger partial charge in [0.05, 0.1) is 20.3 Å². The van der Waals surface area contributed by atoms with Crippen molar-refractivity contribution in [3.05, 3.63) is 71.6 Å². The van der Waals surface area contributed by atoms with Crippen LogP contribution in [0.25, 0.3) is 17.0 Å². The van der Waals surface area contributed by atoms with Gasteiger partial charge in [-0.05, 0) is 36.4 Å². The zero-order valence-electron chi connectivity index (χ0n) is 16.7. The average molecular weight is 405 g/mol. The van der Waals surface area contributed by atoms with Gasteiger partial charge in [-0.15, -0.1) is 0 Å². The number of amides is 2. The number of methoxy groups -OCH3 is 1. The van der Waals surface area contributed by atoms with Crippen molar-refractivity contribution in [2.24, 2.45) is 0 Å². The fraction of sp³-hybridized carbons (Fsp3) is 0.217. The van der Waals surface area contributed by atoms with E-state index in [2.05, 4.69) is 10.3 Å². The monoisotopic (exact) mass is 405 g/mol. The summed E-state index contributed by atoms with van der Waals surface area (Å²) in [6.07, 6.45) is 3.52. The molecule has 0 spiro atoms. The van der Waals surface area contributed by atoms with Crippen LogP contribution in [0.4, 0.5) is 0 Å². The zero-order valence-corrected chi connectivity index (χ0v) is 16.7. The third-order valence-electron chi connectivity index (χ3n) is 5.03. The lowest BCUT2D eigenvalue weighted by molar-refractivity contribution is -0.131. The number of nitrogens with one attached hydrogen (secondary N) is 2. The third-order valence-corrected chi connectivity index (χ3v) is 5.03. The second-order valence-corrected chi connectivity index (χ2v) is 6.94. The molecule has 7 heteroatoms. The Morgan fingerprint density at radius 1 is 1.13 bits per heavy atom. The van der Waals surface area contributed by atoms with Crippen LogP contribution in [0.2, 0.25) is 0 Å². The Morgan fingerprint density at radius 3 is 2.63 bits per heavy atom. The molecule has 1 aliphatic rings. The van der Waals surface area contributed by atoms with Gasteiger partial charge in [0.2, 0.25) is 0 Å². The van der Waals surface area contributed by atoms with Crippen molar-refractivity contribution in [2.75, 3.05) is 33.4 Å². The normalized spacial score (nSPS) is 14.6. The zero-order chi connectivity index (χ0) is 20.9. The van der Waals surface area contributed by atoms with E-state index in [0.717, 1.165) is 16.5 Å². The maximum atomic E-state index is 13.2. The fourth-order valence-corrected chi connectivity index (χ4v) is 3.40. The SMILES string of the molecule is COc1ccc2[nH]cc(C=C(NC(=O)c3ccccc3)C(=O)N3CCOCC3)c2c1. The van der Waals surface area contributed by atoms with Crippen LogP contribution < -0.4 is 10.1 Å². The van der Waals surface area contributed by atoms with Crippen LogP contribution in [-0.2, 0) is 9.53 Å². The molecule has 2 heterocycles. The number of nitrogens with zero attached hydrogens (tertiary/aromatic N) is 1. The predicted octanol–water partition coefficient (Wildman–Crippen LogP) is 2.81. The van der Waals surface area contributed by atoms with E-state index in [-0.39, 0.29) is 17.5 Å². The Bertz CT molecular complexity index is 1080. The minimum absolute atomic E-state index is 0.217. The number of carbonyl (C=O) groups excluding carboxylic acids is 2. The van der Waals surface area contributed by atoms with Crippen molar-refractivity contribution >= 4 is 28.8 Å². The van der Waals surface area contributed by atoms with E-state index in [1.165, 1.54) is 0 Å². The number of hydrogen-bond acceptors (Lipinski definition) is 4. The summed E-state index contributed by atoms with van der Waals surface area (Å²) in [5.41, 5.74) is 2.40. The Balaban J connectivity index is 1.70. The topological polar surface area (TPSA) is 83.7 Å². The maximum Gasteiger partial charge on any atom is 0.270 e. The van der Waals surface area contributed by atoms with E-state index in [1.807, 2.05) is 30.5 Å². The van der Waals surface area contributed by atoms with Gasteiger partial charge >= 0.3 is 0 Å². The molecule has 0 saturated carbocycles. The Morgan fingerprint density at radius 2 is 1.90 bits per heavy atom. The molecule has 0 atom stereocenters. The summed E-state index contributed by atoms with van der Waals surface area (Å²) in [6, 6.07) is 14.5. The van der Waals surface area contributed by atoms with Crippen molar-refractivity contribution < 1.29 is 19.1 Å². The quantitative estimate of drug-likeness (QED) is 0.640. The number of benzene rings is 2. The number of carbonyl (C=O) groups is 2. The highest BCUT2D eigenvalue weighted by Crippen LogP contribution is 2.25. The first-order chi connectivity index (χ1) is 14.7. The first kappa shape index (κ1) is 19.7. The van der Waals surface area contributed by atoms with Gasteiger partial charge in [-0.2, -0.15) is 0 Å². The summed E-state index contributed by atoms with van der Waals surface area (Å²) < 4.78 is 10.7. The number of H-pyrrole nitrogens is 1. The average Bonchev–Trinajstić information content (AvgIpc) is 3.21. The summed E-state index contributed by atoms with van der Waals surface area (Å²) in [5, 5.41) is 3.71. The Kier molecular flexibility index (Phi) is 5.81. The molecule has 2 amide bonds. The molecular weight excluding hydrogens is 382 g/mol. The Labute approximate surface area is 174 Å². The molecule has 154 valence electrons. The van der Waals surface area contributed by atoms with Crippen LogP contribution >= 0.6 is 0 Å². The molecule has 2 N–H and O–H groups in total. The molecule has 1 aromatic heterocycles. The molecule has 0 aliphatic carbocycles. The summed E-state index contributed by atoms with van der Waals surface area (Å²) in [6.45, 7) is 1.93. The van der Waals surface area contributed by atoms with Crippen LogP contribution in [0.1, 0.15) is 15.9 Å². The summed E-state index contributed by atoms with van der Waals surface area (Å²) in [7, 11) is 1.61. The number of hydrogen-bond donors (Lipinski definition) is 2. The second kappa shape index (κ2) is 8.84. The smallest absolute Gasteiger partial charge is 0.270 e. The van der Waals surface area contributed by atoms with Gasteiger partial charge in [0, 0.05) is 41.3 Å². The van der Waals surface area contributed by atoms with E-state index in [9.17, 15) is 9.59 Å². The van der Waals surface area contributed by atoms with Gasteiger partial charge in [0.15, 0.2) is 0 Å². The molecule has 7 nitrogen and oxygen atoms in total. The molecule has 0 radical (unpaired) electrons. The summed E-state index contributed by atoms with van der Waals surface area (Å²) in [5.74, 6) is 0.145. The standard InChI is InChI=1S/C23H23N3O4/c1-29-18-7-8-20-19(14-18)17(15-24-20)13-21(23(28)26-9-11-30-12-10-26)25-22(27)16-5-3-2-4-6-16/h2-8,13-15,24H,9-12H2,1H3,(H,25,27). The van der Waals surface area contributed by atoms with Gasteiger partial charge in [-0.25, -0.2) is 0 Å². The van der Waals surface area contributed by atoms with E-state index >= 15 is 0 Å². The van der Waals surface area contributed by atoms with Crippen molar-refractivity contribution in [3.63, 3.8) is 0 Å². The van der Waals surface area contributed by atoms with Crippen LogP contribution in [0.5, 0.6) is 5.75 Å². The molecule has 4 rings (SSSR count). The first-order valence-electron chi connectivity index (χ1n) is 9.76. The van der Waals surface area contributed by atoms with Crippen LogP contribution in [0, 0.1) is 0 Å². The van der Waals surface area contributed by atoms with Gasteiger partial charge in [0.1, 0.15) is 11.4 Å². The molecule has 1 saturated heterocycles. The molecule has 1 aliphatic heterocycles. The lowest BCUT2D eigenvalue weighted by Crippen LogP contribution is -2.44. The van der Waals surface area contributed by atoms with Gasteiger partial charge in [0.25, 0.3) is 11.8 Å². The van der Waals surface area contributed by atoms with Crippen molar-refractivity contribution in [1.29, 1.82) is 0 Å². The molecule has 3 aromatic rings. The van der Waals surface area contributed by atoms with Crippen molar-refractivity contribution in [2.45, 2.75) is 0 Å². The lowest BCUT2D eigenvalue weighted by Gasteiger charge is -2.27. The van der Waals surface area contributed by atoms with Crippen LogP contribution in [0.3, 0.4) is 0 Å². The largest absolute Gasteiger partial charge is 0.497 e. The van der Waals surface area contributed by atoms with E-state index < -0.39 is 0 Å². The van der Waals surface area contributed by atoms with Gasteiger partial charge in [-0.3, -0.25) is 9.59 Å². The number of aromatic amines is 1. The van der Waals surface area contributed by atoms with Crippen molar-refractivity contribution in [1.82, 2.24) is 15.2 Å². The molecule has 30 heavy (non-hydrogen) atoms. The maximum absolute atomic E-state index is 13.2. The summed E-state index contributed by atoms with van der Waals surface area (Å²) in [4.78, 5) is 30.8. The van der Waals surface area contributed by atoms with Crippen LogP contribution in [0.15, 0.2) is 60.4 Å². The second-order valence-electron chi connectivity index (χ2n) is 6.94. The molecule has 0 unspecified atom stereocenters. The predicted molar refractivity (Wildman–Crippen MR) is 114 cm³/mol. The third kappa shape index (κ3) is 4.21. The van der Waals surface area contributed by atoms with E-state index in [4.69, 9.17) is 9.47 Å². The van der Waals surface area contributed by atoms with Gasteiger partial charge in [-0.1, -0.05) is 18.2 Å². The molecule has 0 bridgehead atoms. The number of rotatable bonds is 5. The minimum atomic E-state index is -0.333. The first-order valence-corrected chi connectivity index (χ1v) is 9.76. The van der Waals surface area contributed by atoms with E-state index in [0.29, 0.717) is 37.6 Å². The fourth-order valence-electron chi connectivity index (χ4n) is 3.40. The Hall–Kier alpha value is -3.58. The number of morpholine rings is 1. The number of ether oxygens (including phenoxy) is 2.